The minimum atomic E-state index is -3.50. The molecule has 1 aromatic carbocycles. The zero-order valence-electron chi connectivity index (χ0n) is 24.7. The number of halogens is 1. The zero-order valence-corrected chi connectivity index (χ0v) is 26.3. The summed E-state index contributed by atoms with van der Waals surface area (Å²) in [5.41, 5.74) is -0.0393. The highest BCUT2D eigenvalue weighted by molar-refractivity contribution is 7.92. The van der Waals surface area contributed by atoms with Gasteiger partial charge in [-0.05, 0) is 84.9 Å². The topological polar surface area (TPSA) is 117 Å². The van der Waals surface area contributed by atoms with E-state index >= 15 is 0 Å². The molecule has 4 rings (SSSR count). The van der Waals surface area contributed by atoms with E-state index in [2.05, 4.69) is 25.5 Å². The van der Waals surface area contributed by atoms with E-state index in [0.717, 1.165) is 58.4 Å². The molecule has 2 aromatic rings. The van der Waals surface area contributed by atoms with Crippen LogP contribution in [0.5, 0.6) is 0 Å². The van der Waals surface area contributed by atoms with Gasteiger partial charge in [0.1, 0.15) is 10.6 Å². The standard InChI is InChI=1S/C29H43ClN6O4S/c1-20(2)41(38,39)25-9-7-6-8-24(25)33-26-23(30)18-31-27(34-26)32-22-13-15-35(19-22)14-10-21-11-16-36(17-12-21)28(37)40-29(3,4)5/h6-9,18,20-22H,10-17,19H2,1-5H3,(H2,31,32,33,34)/t22-/m1/s1. The van der Waals surface area contributed by atoms with Crippen LogP contribution < -0.4 is 10.6 Å². The van der Waals surface area contributed by atoms with E-state index in [9.17, 15) is 13.2 Å². The van der Waals surface area contributed by atoms with Crippen molar-refractivity contribution in [3.8, 4) is 0 Å². The van der Waals surface area contributed by atoms with Gasteiger partial charge in [-0.1, -0.05) is 23.7 Å². The van der Waals surface area contributed by atoms with Crippen molar-refractivity contribution in [1.29, 1.82) is 0 Å². The van der Waals surface area contributed by atoms with Crippen LogP contribution in [0, 0.1) is 5.92 Å². The van der Waals surface area contributed by atoms with Crippen LogP contribution in [0.4, 0.5) is 22.2 Å². The molecule has 0 spiro atoms. The first-order valence-corrected chi connectivity index (χ1v) is 16.3. The second-order valence-corrected chi connectivity index (χ2v) is 15.1. The quantitative estimate of drug-likeness (QED) is 0.377. The molecule has 41 heavy (non-hydrogen) atoms. The number of hydrogen-bond acceptors (Lipinski definition) is 9. The van der Waals surface area contributed by atoms with E-state index in [4.69, 9.17) is 16.3 Å². The Morgan fingerprint density at radius 2 is 1.85 bits per heavy atom. The molecular formula is C29H43ClN6O4S. The molecule has 2 fully saturated rings. The van der Waals surface area contributed by atoms with Gasteiger partial charge in [0.05, 0.1) is 22.0 Å². The largest absolute Gasteiger partial charge is 0.444 e. The molecule has 0 unspecified atom stereocenters. The number of nitrogens with zero attached hydrogens (tertiary/aromatic N) is 4. The van der Waals surface area contributed by atoms with E-state index in [-0.39, 0.29) is 17.0 Å². The maximum absolute atomic E-state index is 12.9. The summed E-state index contributed by atoms with van der Waals surface area (Å²) in [4.78, 5) is 25.7. The van der Waals surface area contributed by atoms with Crippen molar-refractivity contribution < 1.29 is 17.9 Å². The van der Waals surface area contributed by atoms with Gasteiger partial charge < -0.3 is 25.2 Å². The van der Waals surface area contributed by atoms with Crippen molar-refractivity contribution in [2.75, 3.05) is 43.4 Å². The number of nitrogens with one attached hydrogen (secondary N) is 2. The number of anilines is 3. The summed E-state index contributed by atoms with van der Waals surface area (Å²) < 4.78 is 31.2. The number of rotatable bonds is 9. The first-order valence-electron chi connectivity index (χ1n) is 14.4. The molecule has 10 nitrogen and oxygen atoms in total. The summed E-state index contributed by atoms with van der Waals surface area (Å²) in [6.07, 6.45) is 5.40. The monoisotopic (exact) mass is 606 g/mol. The predicted molar refractivity (Wildman–Crippen MR) is 163 cm³/mol. The van der Waals surface area contributed by atoms with Crippen LogP contribution in [0.25, 0.3) is 0 Å². The molecule has 0 aliphatic carbocycles. The maximum Gasteiger partial charge on any atom is 0.410 e. The Labute approximate surface area is 249 Å². The van der Waals surface area contributed by atoms with Gasteiger partial charge in [-0.25, -0.2) is 18.2 Å². The Morgan fingerprint density at radius 3 is 2.54 bits per heavy atom. The summed E-state index contributed by atoms with van der Waals surface area (Å²) in [6.45, 7) is 13.4. The van der Waals surface area contributed by atoms with Crippen molar-refractivity contribution in [2.45, 2.75) is 82.1 Å². The summed E-state index contributed by atoms with van der Waals surface area (Å²) >= 11 is 6.38. The second-order valence-electron chi connectivity index (χ2n) is 12.2. The number of carbonyl (C=O) groups is 1. The first kappa shape index (κ1) is 31.3. The highest BCUT2D eigenvalue weighted by Gasteiger charge is 2.29. The lowest BCUT2D eigenvalue weighted by Gasteiger charge is -2.34. The van der Waals surface area contributed by atoms with Gasteiger partial charge in [0, 0.05) is 32.2 Å². The van der Waals surface area contributed by atoms with Gasteiger partial charge in [-0.15, -0.1) is 0 Å². The number of likely N-dealkylation sites (tertiary alicyclic amines) is 2. The fourth-order valence-electron chi connectivity index (χ4n) is 5.16. The van der Waals surface area contributed by atoms with Gasteiger partial charge in [0.15, 0.2) is 15.7 Å². The lowest BCUT2D eigenvalue weighted by Crippen LogP contribution is -2.42. The van der Waals surface area contributed by atoms with Crippen LogP contribution >= 0.6 is 11.6 Å². The van der Waals surface area contributed by atoms with E-state index < -0.39 is 20.7 Å². The average Bonchev–Trinajstić information content (AvgIpc) is 3.36. The van der Waals surface area contributed by atoms with Crippen LogP contribution in [0.3, 0.4) is 0 Å². The van der Waals surface area contributed by atoms with Gasteiger partial charge in [-0.2, -0.15) is 4.98 Å². The number of amides is 1. The second kappa shape index (κ2) is 13.1. The number of benzene rings is 1. The number of aromatic nitrogens is 2. The van der Waals surface area contributed by atoms with Crippen LogP contribution in [0.15, 0.2) is 35.4 Å². The Bertz CT molecular complexity index is 1310. The molecule has 3 heterocycles. The smallest absolute Gasteiger partial charge is 0.410 e. The van der Waals surface area contributed by atoms with Gasteiger partial charge >= 0.3 is 6.09 Å². The Balaban J connectivity index is 1.27. The van der Waals surface area contributed by atoms with Crippen LogP contribution in [-0.4, -0.2) is 83.9 Å². The van der Waals surface area contributed by atoms with Crippen LogP contribution in [0.2, 0.25) is 5.02 Å². The molecule has 12 heteroatoms. The Kier molecular flexibility index (Phi) is 10.0. The van der Waals surface area contributed by atoms with Crippen LogP contribution in [0.1, 0.15) is 60.3 Å². The first-order chi connectivity index (χ1) is 19.3. The lowest BCUT2D eigenvalue weighted by atomic mass is 9.93. The molecule has 0 radical (unpaired) electrons. The van der Waals surface area contributed by atoms with Crippen LogP contribution in [-0.2, 0) is 14.6 Å². The number of carbonyl (C=O) groups excluding carboxylic acids is 1. The Hall–Kier alpha value is -2.63. The fourth-order valence-corrected chi connectivity index (χ4v) is 6.50. The van der Waals surface area contributed by atoms with Gasteiger partial charge in [0.25, 0.3) is 0 Å². The number of hydrogen-bond donors (Lipinski definition) is 2. The molecule has 2 aliphatic rings. The molecular weight excluding hydrogens is 564 g/mol. The SMILES string of the molecule is CC(C)S(=O)(=O)c1ccccc1Nc1nc(N[C@@H]2CCN(CCC3CCN(C(=O)OC(C)(C)C)CC3)C2)ncc1Cl. The van der Waals surface area contributed by atoms with E-state index in [1.54, 1.807) is 38.1 Å². The molecule has 1 amide bonds. The number of sulfone groups is 1. The van der Waals surface area contributed by atoms with Crippen molar-refractivity contribution in [3.63, 3.8) is 0 Å². The highest BCUT2D eigenvalue weighted by Crippen LogP contribution is 2.30. The maximum atomic E-state index is 12.9. The van der Waals surface area contributed by atoms with Gasteiger partial charge in [0.2, 0.25) is 5.95 Å². The molecule has 1 aromatic heterocycles. The van der Waals surface area contributed by atoms with E-state index in [1.807, 2.05) is 25.7 Å². The van der Waals surface area contributed by atoms with Crippen molar-refractivity contribution >= 4 is 45.0 Å². The molecule has 0 bridgehead atoms. The summed E-state index contributed by atoms with van der Waals surface area (Å²) in [6, 6.07) is 6.97. The number of para-hydroxylation sites is 1. The average molecular weight is 607 g/mol. The normalized spacial score (nSPS) is 19.0. The lowest BCUT2D eigenvalue weighted by molar-refractivity contribution is 0.0178. The van der Waals surface area contributed by atoms with Crippen molar-refractivity contribution in [3.05, 3.63) is 35.5 Å². The Morgan fingerprint density at radius 1 is 1.15 bits per heavy atom. The number of piperidine rings is 1. The predicted octanol–water partition coefficient (Wildman–Crippen LogP) is 5.58. The highest BCUT2D eigenvalue weighted by atomic mass is 35.5. The summed E-state index contributed by atoms with van der Waals surface area (Å²) in [5.74, 6) is 1.40. The summed E-state index contributed by atoms with van der Waals surface area (Å²) in [7, 11) is -3.50. The van der Waals surface area contributed by atoms with E-state index in [0.29, 0.717) is 28.4 Å². The minimum Gasteiger partial charge on any atom is -0.444 e. The summed E-state index contributed by atoms with van der Waals surface area (Å²) in [5, 5.41) is 6.28. The third-order valence-corrected chi connectivity index (χ3v) is 10.0. The zero-order chi connectivity index (χ0) is 29.8. The third kappa shape index (κ3) is 8.45. The third-order valence-electron chi connectivity index (χ3n) is 7.54. The molecule has 2 N–H and O–H groups in total. The molecule has 1 atom stereocenters. The van der Waals surface area contributed by atoms with E-state index in [1.165, 1.54) is 6.20 Å². The number of ether oxygens (including phenoxy) is 1. The minimum absolute atomic E-state index is 0.201. The molecule has 2 aliphatic heterocycles. The molecule has 2 saturated heterocycles. The molecule has 226 valence electrons. The van der Waals surface area contributed by atoms with Crippen molar-refractivity contribution in [2.24, 2.45) is 5.92 Å². The fraction of sp³-hybridized carbons (Fsp3) is 0.621. The van der Waals surface area contributed by atoms with Crippen molar-refractivity contribution in [1.82, 2.24) is 19.8 Å². The van der Waals surface area contributed by atoms with Gasteiger partial charge in [-0.3, -0.25) is 0 Å². The molecule has 0 saturated carbocycles.